The Morgan fingerprint density at radius 3 is 2.64 bits per heavy atom. The van der Waals surface area contributed by atoms with Gasteiger partial charge >= 0.3 is 0 Å². The minimum Gasteiger partial charge on any atom is -0.508 e. The van der Waals surface area contributed by atoms with Gasteiger partial charge in [-0.25, -0.2) is 0 Å². The summed E-state index contributed by atoms with van der Waals surface area (Å²) in [5.41, 5.74) is 1.53. The lowest BCUT2D eigenvalue weighted by atomic mass is 9.99. The Morgan fingerprint density at radius 1 is 1.14 bits per heavy atom. The molecule has 0 radical (unpaired) electrons. The lowest BCUT2D eigenvalue weighted by Crippen LogP contribution is -2.29. The maximum absolute atomic E-state index is 12.5. The molecule has 1 unspecified atom stereocenters. The van der Waals surface area contributed by atoms with Gasteiger partial charge in [-0.3, -0.25) is 4.79 Å². The molecule has 0 aromatic heterocycles. The van der Waals surface area contributed by atoms with E-state index in [1.54, 1.807) is 4.90 Å². The molecule has 0 bridgehead atoms. The number of rotatable bonds is 3. The topological polar surface area (TPSA) is 60.8 Å². The molecule has 3 rings (SSSR count). The Labute approximate surface area is 129 Å². The highest BCUT2D eigenvalue weighted by atomic mass is 16.3. The van der Waals surface area contributed by atoms with Crippen LogP contribution in [0, 0.1) is 5.92 Å². The number of phenolic OH excluding ortho intramolecular Hbond substituents is 2. The fourth-order valence-corrected chi connectivity index (χ4v) is 3.00. The molecule has 4 heteroatoms. The quantitative estimate of drug-likeness (QED) is 0.916. The lowest BCUT2D eigenvalue weighted by molar-refractivity contribution is 0.0784. The molecule has 1 atom stereocenters. The van der Waals surface area contributed by atoms with E-state index < -0.39 is 0 Å². The van der Waals surface area contributed by atoms with E-state index in [1.807, 2.05) is 18.2 Å². The highest BCUT2D eigenvalue weighted by Gasteiger charge is 2.28. The Balaban J connectivity index is 1.66. The SMILES string of the molecule is O=C(c1ccc(O)cc1O)N1CCC(Cc2ccccc2)C1. The number of likely N-dealkylation sites (tertiary alicyclic amines) is 1. The van der Waals surface area contributed by atoms with Crippen molar-refractivity contribution in [2.45, 2.75) is 12.8 Å². The maximum atomic E-state index is 12.5. The molecule has 0 aliphatic carbocycles. The Kier molecular flexibility index (Phi) is 4.00. The van der Waals surface area contributed by atoms with E-state index >= 15 is 0 Å². The Bertz CT molecular complexity index is 669. The van der Waals surface area contributed by atoms with Crippen molar-refractivity contribution in [3.05, 3.63) is 59.7 Å². The summed E-state index contributed by atoms with van der Waals surface area (Å²) in [7, 11) is 0. The first-order valence-corrected chi connectivity index (χ1v) is 7.48. The number of nitrogens with zero attached hydrogens (tertiary/aromatic N) is 1. The van der Waals surface area contributed by atoms with Crippen LogP contribution in [0.2, 0.25) is 0 Å². The van der Waals surface area contributed by atoms with Gasteiger partial charge in [-0.15, -0.1) is 0 Å². The average molecular weight is 297 g/mol. The van der Waals surface area contributed by atoms with Gasteiger partial charge in [-0.1, -0.05) is 30.3 Å². The molecular formula is C18H19NO3. The predicted octanol–water partition coefficient (Wildman–Crippen LogP) is 2.80. The van der Waals surface area contributed by atoms with E-state index in [0.29, 0.717) is 19.0 Å². The molecule has 22 heavy (non-hydrogen) atoms. The molecule has 2 aromatic rings. The lowest BCUT2D eigenvalue weighted by Gasteiger charge is -2.17. The molecule has 1 aliphatic heterocycles. The Hall–Kier alpha value is -2.49. The number of benzene rings is 2. The van der Waals surface area contributed by atoms with E-state index in [4.69, 9.17) is 0 Å². The number of aromatic hydroxyl groups is 2. The number of carbonyl (C=O) groups is 1. The number of hydrogen-bond acceptors (Lipinski definition) is 3. The van der Waals surface area contributed by atoms with Crippen molar-refractivity contribution in [1.29, 1.82) is 0 Å². The summed E-state index contributed by atoms with van der Waals surface area (Å²) < 4.78 is 0. The second kappa shape index (κ2) is 6.10. The average Bonchev–Trinajstić information content (AvgIpc) is 2.96. The summed E-state index contributed by atoms with van der Waals surface area (Å²) in [4.78, 5) is 14.2. The highest BCUT2D eigenvalue weighted by Crippen LogP contribution is 2.27. The van der Waals surface area contributed by atoms with E-state index in [0.717, 1.165) is 12.8 Å². The summed E-state index contributed by atoms with van der Waals surface area (Å²) >= 11 is 0. The number of hydrogen-bond donors (Lipinski definition) is 2. The summed E-state index contributed by atoms with van der Waals surface area (Å²) in [6, 6.07) is 14.4. The third-order valence-electron chi connectivity index (χ3n) is 4.15. The van der Waals surface area contributed by atoms with Gasteiger partial charge < -0.3 is 15.1 Å². The van der Waals surface area contributed by atoms with Crippen molar-refractivity contribution >= 4 is 5.91 Å². The molecule has 1 aliphatic rings. The van der Waals surface area contributed by atoms with Crippen molar-refractivity contribution in [1.82, 2.24) is 4.90 Å². The van der Waals surface area contributed by atoms with Gasteiger partial charge in [-0.05, 0) is 36.5 Å². The summed E-state index contributed by atoms with van der Waals surface area (Å²) in [5, 5.41) is 19.1. The van der Waals surface area contributed by atoms with Crippen molar-refractivity contribution in [3.8, 4) is 11.5 Å². The van der Waals surface area contributed by atoms with Gasteiger partial charge in [0.1, 0.15) is 11.5 Å². The molecule has 0 saturated carbocycles. The molecule has 1 fully saturated rings. The van der Waals surface area contributed by atoms with Crippen molar-refractivity contribution in [3.63, 3.8) is 0 Å². The zero-order chi connectivity index (χ0) is 15.5. The van der Waals surface area contributed by atoms with E-state index in [1.165, 1.54) is 23.8 Å². The van der Waals surface area contributed by atoms with E-state index in [9.17, 15) is 15.0 Å². The van der Waals surface area contributed by atoms with Crippen LogP contribution in [0.5, 0.6) is 11.5 Å². The predicted molar refractivity (Wildman–Crippen MR) is 83.9 cm³/mol. The number of amides is 1. The first kappa shape index (κ1) is 14.4. The van der Waals surface area contributed by atoms with Crippen LogP contribution in [-0.2, 0) is 6.42 Å². The van der Waals surface area contributed by atoms with Crippen LogP contribution in [-0.4, -0.2) is 34.1 Å². The molecule has 1 amide bonds. The van der Waals surface area contributed by atoms with Crippen molar-refractivity contribution < 1.29 is 15.0 Å². The third kappa shape index (κ3) is 3.06. The van der Waals surface area contributed by atoms with Crippen LogP contribution >= 0.6 is 0 Å². The van der Waals surface area contributed by atoms with Crippen LogP contribution in [0.15, 0.2) is 48.5 Å². The molecule has 2 aromatic carbocycles. The van der Waals surface area contributed by atoms with Crippen LogP contribution in [0.3, 0.4) is 0 Å². The highest BCUT2D eigenvalue weighted by molar-refractivity contribution is 5.97. The number of phenols is 2. The minimum atomic E-state index is -0.173. The second-order valence-corrected chi connectivity index (χ2v) is 5.80. The Morgan fingerprint density at radius 2 is 1.91 bits per heavy atom. The molecule has 1 heterocycles. The summed E-state index contributed by atoms with van der Waals surface area (Å²) in [6.07, 6.45) is 1.94. The van der Waals surface area contributed by atoms with E-state index in [2.05, 4.69) is 12.1 Å². The maximum Gasteiger partial charge on any atom is 0.257 e. The van der Waals surface area contributed by atoms with Gasteiger partial charge in [0.05, 0.1) is 5.56 Å². The van der Waals surface area contributed by atoms with Crippen LogP contribution in [0.25, 0.3) is 0 Å². The molecule has 2 N–H and O–H groups in total. The summed E-state index contributed by atoms with van der Waals surface area (Å²) in [6.45, 7) is 1.41. The molecule has 4 nitrogen and oxygen atoms in total. The first-order valence-electron chi connectivity index (χ1n) is 7.48. The third-order valence-corrected chi connectivity index (χ3v) is 4.15. The molecule has 0 spiro atoms. The number of carbonyl (C=O) groups excluding carboxylic acids is 1. The van der Waals surface area contributed by atoms with Crippen LogP contribution < -0.4 is 0 Å². The first-order chi connectivity index (χ1) is 10.6. The van der Waals surface area contributed by atoms with Crippen molar-refractivity contribution in [2.24, 2.45) is 5.92 Å². The normalized spacial score (nSPS) is 17.6. The molecule has 114 valence electrons. The minimum absolute atomic E-state index is 0.0440. The smallest absolute Gasteiger partial charge is 0.257 e. The van der Waals surface area contributed by atoms with Crippen LogP contribution in [0.1, 0.15) is 22.3 Å². The monoisotopic (exact) mass is 297 g/mol. The molecular weight excluding hydrogens is 278 g/mol. The van der Waals surface area contributed by atoms with Crippen molar-refractivity contribution in [2.75, 3.05) is 13.1 Å². The van der Waals surface area contributed by atoms with Gasteiger partial charge in [0.25, 0.3) is 5.91 Å². The van der Waals surface area contributed by atoms with E-state index in [-0.39, 0.29) is 23.0 Å². The largest absolute Gasteiger partial charge is 0.508 e. The zero-order valence-electron chi connectivity index (χ0n) is 12.3. The fourth-order valence-electron chi connectivity index (χ4n) is 3.00. The van der Waals surface area contributed by atoms with Gasteiger partial charge in [0, 0.05) is 19.2 Å². The zero-order valence-corrected chi connectivity index (χ0v) is 12.3. The summed E-state index contributed by atoms with van der Waals surface area (Å²) in [5.74, 6) is 0.0626. The standard InChI is InChI=1S/C18H19NO3/c20-15-6-7-16(17(21)11-15)18(22)19-9-8-14(12-19)10-13-4-2-1-3-5-13/h1-7,11,14,20-21H,8-10,12H2. The van der Waals surface area contributed by atoms with Crippen LogP contribution in [0.4, 0.5) is 0 Å². The van der Waals surface area contributed by atoms with Gasteiger partial charge in [0.15, 0.2) is 0 Å². The van der Waals surface area contributed by atoms with Gasteiger partial charge in [0.2, 0.25) is 0 Å². The molecule has 1 saturated heterocycles. The second-order valence-electron chi connectivity index (χ2n) is 5.80. The van der Waals surface area contributed by atoms with Gasteiger partial charge in [-0.2, -0.15) is 0 Å². The fraction of sp³-hybridized carbons (Fsp3) is 0.278.